The van der Waals surface area contributed by atoms with Gasteiger partial charge in [0.1, 0.15) is 5.03 Å². The van der Waals surface area contributed by atoms with Crippen molar-refractivity contribution in [1.82, 2.24) is 10.2 Å². The monoisotopic (exact) mass is 369 g/mol. The summed E-state index contributed by atoms with van der Waals surface area (Å²) in [5.41, 5.74) is 3.72. The maximum Gasteiger partial charge on any atom is 0.234 e. The number of aromatic nitrogens is 2. The molecule has 0 spiro atoms. The van der Waals surface area contributed by atoms with Crippen molar-refractivity contribution in [3.05, 3.63) is 71.2 Å². The topological polar surface area (TPSA) is 54.9 Å². The molecule has 2 aromatic carbocycles. The van der Waals surface area contributed by atoms with Crippen molar-refractivity contribution in [1.29, 1.82) is 0 Å². The molecule has 6 heteroatoms. The first kappa shape index (κ1) is 17.5. The summed E-state index contributed by atoms with van der Waals surface area (Å²) in [6.45, 7) is 2.05. The lowest BCUT2D eigenvalue weighted by molar-refractivity contribution is -0.113. The van der Waals surface area contributed by atoms with Gasteiger partial charge in [-0.1, -0.05) is 59.3 Å². The third-order valence-corrected chi connectivity index (χ3v) is 4.60. The molecule has 3 aromatic rings. The molecule has 4 nitrogen and oxygen atoms in total. The first-order chi connectivity index (χ1) is 12.1. The van der Waals surface area contributed by atoms with Gasteiger partial charge in [0.2, 0.25) is 5.91 Å². The number of nitrogens with one attached hydrogen (secondary N) is 1. The average molecular weight is 370 g/mol. The van der Waals surface area contributed by atoms with E-state index in [2.05, 4.69) is 15.5 Å². The van der Waals surface area contributed by atoms with E-state index in [1.165, 1.54) is 17.3 Å². The molecule has 3 rings (SSSR count). The van der Waals surface area contributed by atoms with Crippen LogP contribution in [0.15, 0.2) is 65.7 Å². The van der Waals surface area contributed by atoms with E-state index in [0.717, 1.165) is 11.3 Å². The second-order valence-electron chi connectivity index (χ2n) is 5.47. The highest BCUT2D eigenvalue weighted by Crippen LogP contribution is 2.21. The van der Waals surface area contributed by atoms with Crippen molar-refractivity contribution in [2.75, 3.05) is 11.1 Å². The van der Waals surface area contributed by atoms with Crippen LogP contribution in [0.3, 0.4) is 0 Å². The van der Waals surface area contributed by atoms with Crippen molar-refractivity contribution < 1.29 is 4.79 Å². The summed E-state index contributed by atoms with van der Waals surface area (Å²) in [6.07, 6.45) is 0. The molecule has 1 N–H and O–H groups in total. The van der Waals surface area contributed by atoms with Gasteiger partial charge in [0.05, 0.1) is 11.4 Å². The van der Waals surface area contributed by atoms with Crippen LogP contribution in [0, 0.1) is 6.92 Å². The van der Waals surface area contributed by atoms with Crippen LogP contribution in [0.2, 0.25) is 5.02 Å². The van der Waals surface area contributed by atoms with E-state index in [1.807, 2.05) is 43.3 Å². The van der Waals surface area contributed by atoms with Crippen molar-refractivity contribution >= 4 is 35.0 Å². The molecular formula is C19H16ClN3OS. The van der Waals surface area contributed by atoms with Gasteiger partial charge in [-0.25, -0.2) is 0 Å². The summed E-state index contributed by atoms with van der Waals surface area (Å²) in [5, 5.41) is 12.5. The van der Waals surface area contributed by atoms with E-state index < -0.39 is 0 Å². The number of thioether (sulfide) groups is 1. The zero-order valence-electron chi connectivity index (χ0n) is 13.6. The Balaban J connectivity index is 1.56. The van der Waals surface area contributed by atoms with Gasteiger partial charge >= 0.3 is 0 Å². The molecule has 0 fully saturated rings. The fourth-order valence-electron chi connectivity index (χ4n) is 2.18. The lowest BCUT2D eigenvalue weighted by atomic mass is 10.1. The Hall–Kier alpha value is -2.37. The summed E-state index contributed by atoms with van der Waals surface area (Å²) in [5.74, 6) is 0.141. The van der Waals surface area contributed by atoms with Crippen LogP contribution < -0.4 is 5.32 Å². The number of rotatable bonds is 5. The predicted molar refractivity (Wildman–Crippen MR) is 103 cm³/mol. The number of carbonyl (C=O) groups excluding carboxylic acids is 1. The first-order valence-corrected chi connectivity index (χ1v) is 9.05. The Morgan fingerprint density at radius 1 is 1.08 bits per heavy atom. The number of nitrogens with zero attached hydrogens (tertiary/aromatic N) is 2. The number of aryl methyl sites for hydroxylation is 1. The first-order valence-electron chi connectivity index (χ1n) is 7.69. The van der Waals surface area contributed by atoms with E-state index in [1.54, 1.807) is 24.3 Å². The smallest absolute Gasteiger partial charge is 0.234 e. The molecule has 0 atom stereocenters. The lowest BCUT2D eigenvalue weighted by Crippen LogP contribution is -2.14. The van der Waals surface area contributed by atoms with E-state index in [4.69, 9.17) is 11.6 Å². The van der Waals surface area contributed by atoms with Gasteiger partial charge in [0.25, 0.3) is 0 Å². The Bertz CT molecular complexity index is 867. The summed E-state index contributed by atoms with van der Waals surface area (Å²) < 4.78 is 0. The van der Waals surface area contributed by atoms with Gasteiger partial charge in [0, 0.05) is 16.3 Å². The van der Waals surface area contributed by atoms with Crippen LogP contribution >= 0.6 is 23.4 Å². The number of hydrogen-bond acceptors (Lipinski definition) is 4. The maximum atomic E-state index is 12.0. The van der Waals surface area contributed by atoms with Crippen molar-refractivity contribution in [2.24, 2.45) is 0 Å². The van der Waals surface area contributed by atoms with Crippen LogP contribution in [0.25, 0.3) is 11.3 Å². The van der Waals surface area contributed by atoms with E-state index >= 15 is 0 Å². The molecule has 0 aliphatic carbocycles. The summed E-state index contributed by atoms with van der Waals surface area (Å²) >= 11 is 7.24. The van der Waals surface area contributed by atoms with Crippen LogP contribution in [0.5, 0.6) is 0 Å². The van der Waals surface area contributed by atoms with E-state index in [9.17, 15) is 4.79 Å². The fraction of sp³-hybridized carbons (Fsp3) is 0.105. The molecule has 0 saturated heterocycles. The average Bonchev–Trinajstić information content (AvgIpc) is 2.61. The predicted octanol–water partition coefficient (Wildman–Crippen LogP) is 4.84. The molecule has 0 unspecified atom stereocenters. The number of carbonyl (C=O) groups is 1. The summed E-state index contributed by atoms with van der Waals surface area (Å²) in [4.78, 5) is 12.0. The molecule has 1 heterocycles. The zero-order valence-corrected chi connectivity index (χ0v) is 15.1. The van der Waals surface area contributed by atoms with Gasteiger partial charge in [-0.05, 0) is 37.3 Å². The highest BCUT2D eigenvalue weighted by molar-refractivity contribution is 7.99. The SMILES string of the molecule is Cc1ccc(-c2ccc(SCC(=O)Nc3cccc(Cl)c3)nn2)cc1. The highest BCUT2D eigenvalue weighted by Gasteiger charge is 2.06. The molecule has 0 radical (unpaired) electrons. The Morgan fingerprint density at radius 2 is 1.88 bits per heavy atom. The normalized spacial score (nSPS) is 10.5. The molecule has 0 aliphatic rings. The minimum atomic E-state index is -0.114. The molecule has 0 saturated carbocycles. The molecular weight excluding hydrogens is 354 g/mol. The highest BCUT2D eigenvalue weighted by atomic mass is 35.5. The van der Waals surface area contributed by atoms with Crippen LogP contribution in [-0.4, -0.2) is 21.9 Å². The number of benzene rings is 2. The van der Waals surface area contributed by atoms with Gasteiger partial charge in [-0.3, -0.25) is 4.79 Å². The van der Waals surface area contributed by atoms with Gasteiger partial charge in [0.15, 0.2) is 0 Å². The molecule has 25 heavy (non-hydrogen) atoms. The Labute approximate surface area is 155 Å². The van der Waals surface area contributed by atoms with Gasteiger partial charge in [-0.2, -0.15) is 0 Å². The molecule has 126 valence electrons. The van der Waals surface area contributed by atoms with Crippen LogP contribution in [0.1, 0.15) is 5.56 Å². The van der Waals surface area contributed by atoms with Crippen molar-refractivity contribution in [3.8, 4) is 11.3 Å². The second-order valence-corrected chi connectivity index (χ2v) is 6.90. The Kier molecular flexibility index (Phi) is 5.68. The standard InChI is InChI=1S/C19H16ClN3OS/c1-13-5-7-14(8-6-13)17-9-10-19(23-22-17)25-12-18(24)21-16-4-2-3-15(20)11-16/h2-11H,12H2,1H3,(H,21,24). The lowest BCUT2D eigenvalue weighted by Gasteiger charge is -2.05. The minimum Gasteiger partial charge on any atom is -0.325 e. The minimum absolute atomic E-state index is 0.114. The number of anilines is 1. The fourth-order valence-corrected chi connectivity index (χ4v) is 2.98. The Morgan fingerprint density at radius 3 is 2.56 bits per heavy atom. The largest absolute Gasteiger partial charge is 0.325 e. The molecule has 0 aliphatic heterocycles. The number of halogens is 1. The maximum absolute atomic E-state index is 12.0. The molecule has 1 amide bonds. The van der Waals surface area contributed by atoms with E-state index in [0.29, 0.717) is 15.7 Å². The summed E-state index contributed by atoms with van der Waals surface area (Å²) in [6, 6.07) is 19.0. The zero-order chi connectivity index (χ0) is 17.6. The quantitative estimate of drug-likeness (QED) is 0.654. The number of hydrogen-bond donors (Lipinski definition) is 1. The number of amides is 1. The second kappa shape index (κ2) is 8.14. The van der Waals surface area contributed by atoms with Gasteiger partial charge in [-0.15, -0.1) is 10.2 Å². The van der Waals surface area contributed by atoms with Crippen molar-refractivity contribution in [3.63, 3.8) is 0 Å². The van der Waals surface area contributed by atoms with Crippen molar-refractivity contribution in [2.45, 2.75) is 11.9 Å². The molecule has 1 aromatic heterocycles. The summed E-state index contributed by atoms with van der Waals surface area (Å²) in [7, 11) is 0. The van der Waals surface area contributed by atoms with Gasteiger partial charge < -0.3 is 5.32 Å². The molecule has 0 bridgehead atoms. The van der Waals surface area contributed by atoms with Crippen LogP contribution in [0.4, 0.5) is 5.69 Å². The third-order valence-electron chi connectivity index (χ3n) is 3.45. The third kappa shape index (κ3) is 5.05. The van der Waals surface area contributed by atoms with E-state index in [-0.39, 0.29) is 11.7 Å². The van der Waals surface area contributed by atoms with Crippen LogP contribution in [-0.2, 0) is 4.79 Å².